The topological polar surface area (TPSA) is 110 Å². The van der Waals surface area contributed by atoms with Crippen LogP contribution < -0.4 is 0 Å². The molecule has 0 saturated heterocycles. The summed E-state index contributed by atoms with van der Waals surface area (Å²) < 4.78 is 11.8. The van der Waals surface area contributed by atoms with E-state index in [0.717, 1.165) is 57.8 Å². The van der Waals surface area contributed by atoms with Crippen molar-refractivity contribution in [3.05, 3.63) is 11.6 Å². The molecule has 5 aliphatic rings. The van der Waals surface area contributed by atoms with Crippen LogP contribution in [0, 0.1) is 50.2 Å². The van der Waals surface area contributed by atoms with Gasteiger partial charge in [0.25, 0.3) is 0 Å². The van der Waals surface area contributed by atoms with Crippen LogP contribution in [0.25, 0.3) is 0 Å². The highest BCUT2D eigenvalue weighted by atomic mass is 16.5. The van der Waals surface area contributed by atoms with E-state index in [2.05, 4.69) is 47.6 Å². The Hall–Kier alpha value is -1.89. The molecule has 4 fully saturated rings. The number of carbonyl (C=O) groups excluding carboxylic acids is 2. The second-order valence-electron chi connectivity index (χ2n) is 17.0. The molecule has 5 rings (SSSR count). The van der Waals surface area contributed by atoms with E-state index in [4.69, 9.17) is 14.6 Å². The van der Waals surface area contributed by atoms with Gasteiger partial charge >= 0.3 is 17.9 Å². The van der Waals surface area contributed by atoms with Crippen LogP contribution in [0.1, 0.15) is 132 Å². The third kappa shape index (κ3) is 4.97. The third-order valence-corrected chi connectivity index (χ3v) is 14.4. The van der Waals surface area contributed by atoms with Gasteiger partial charge in [-0.15, -0.1) is 0 Å². The average Bonchev–Trinajstić information content (AvgIpc) is 2.94. The zero-order chi connectivity index (χ0) is 32.3. The fourth-order valence-electron chi connectivity index (χ4n) is 11.7. The monoisotopic (exact) mass is 614 g/mol. The molecule has 2 N–H and O–H groups in total. The molecule has 7 heteroatoms. The smallest absolute Gasteiger partial charge is 0.312 e. The molecule has 0 aromatic heterocycles. The third-order valence-electron chi connectivity index (χ3n) is 14.4. The lowest BCUT2D eigenvalue weighted by molar-refractivity contribution is -0.224. The summed E-state index contributed by atoms with van der Waals surface area (Å²) in [6, 6.07) is 0. The van der Waals surface area contributed by atoms with E-state index >= 15 is 0 Å². The Balaban J connectivity index is 1.45. The summed E-state index contributed by atoms with van der Waals surface area (Å²) >= 11 is 0. The number of allylic oxidation sites excluding steroid dienone is 2. The van der Waals surface area contributed by atoms with E-state index in [1.807, 2.05) is 6.92 Å². The van der Waals surface area contributed by atoms with E-state index in [0.29, 0.717) is 18.9 Å². The van der Waals surface area contributed by atoms with Gasteiger partial charge in [-0.1, -0.05) is 53.2 Å². The fraction of sp³-hybridized carbons (Fsp3) is 0.865. The van der Waals surface area contributed by atoms with Gasteiger partial charge in [-0.3, -0.25) is 14.4 Å². The lowest BCUT2D eigenvalue weighted by atomic mass is 9.33. The van der Waals surface area contributed by atoms with Gasteiger partial charge in [-0.05, 0) is 117 Å². The van der Waals surface area contributed by atoms with Crippen molar-refractivity contribution in [2.24, 2.45) is 50.2 Å². The molecule has 0 radical (unpaired) electrons. The van der Waals surface area contributed by atoms with Crippen molar-refractivity contribution >= 4 is 17.9 Å². The highest BCUT2D eigenvalue weighted by molar-refractivity contribution is 5.79. The standard InChI is InChI=1S/C37H58O7/c1-8-43-31(42)37-20-18-32(2,3)22-25(37)24-12-13-27-33(4)16-15-28(44-30(41)11-9-10-29(39)40)34(5,23-38)26(33)14-17-36(27,7)35(24,6)19-21-37/h12,25-28,38H,8-11,13-23H2,1-7H3,(H,39,40)/t25?,26?,27?,28-,33-,34-,35+,36+,37-/m0/s1. The summed E-state index contributed by atoms with van der Waals surface area (Å²) in [4.78, 5) is 37.4. The maximum absolute atomic E-state index is 13.7. The number of rotatable bonds is 8. The molecule has 0 aliphatic heterocycles. The Kier molecular flexibility index (Phi) is 8.69. The molecule has 0 heterocycles. The number of fused-ring (bicyclic) bond motifs is 7. The molecule has 0 bridgehead atoms. The van der Waals surface area contributed by atoms with E-state index in [-0.39, 0.29) is 77.4 Å². The van der Waals surface area contributed by atoms with Gasteiger partial charge in [0.2, 0.25) is 0 Å². The molecular formula is C37H58O7. The summed E-state index contributed by atoms with van der Waals surface area (Å²) in [5, 5.41) is 19.9. The van der Waals surface area contributed by atoms with Crippen LogP contribution in [0.4, 0.5) is 0 Å². The summed E-state index contributed by atoms with van der Waals surface area (Å²) in [6.07, 6.45) is 12.0. The molecule has 0 amide bonds. The van der Waals surface area contributed by atoms with Crippen LogP contribution in [0.5, 0.6) is 0 Å². The highest BCUT2D eigenvalue weighted by Gasteiger charge is 2.70. The first kappa shape index (κ1) is 33.5. The molecule has 3 unspecified atom stereocenters. The maximum Gasteiger partial charge on any atom is 0.312 e. The Morgan fingerprint density at radius 2 is 1.61 bits per heavy atom. The van der Waals surface area contributed by atoms with Gasteiger partial charge in [0.05, 0.1) is 18.6 Å². The number of carboxylic acid groups (broad SMARTS) is 1. The molecule has 44 heavy (non-hydrogen) atoms. The number of esters is 2. The number of ether oxygens (including phenoxy) is 2. The average molecular weight is 615 g/mol. The molecular weight excluding hydrogens is 556 g/mol. The lowest BCUT2D eigenvalue weighted by Gasteiger charge is -2.71. The number of carbonyl (C=O) groups is 3. The second kappa shape index (κ2) is 11.4. The molecule has 9 atom stereocenters. The molecule has 0 aromatic rings. The number of aliphatic carboxylic acids is 1. The van der Waals surface area contributed by atoms with Crippen molar-refractivity contribution in [3.8, 4) is 0 Å². The molecule has 7 nitrogen and oxygen atoms in total. The van der Waals surface area contributed by atoms with Gasteiger partial charge < -0.3 is 19.7 Å². The van der Waals surface area contributed by atoms with Crippen LogP contribution in [-0.2, 0) is 23.9 Å². The molecule has 248 valence electrons. The largest absolute Gasteiger partial charge is 0.481 e. The van der Waals surface area contributed by atoms with Crippen LogP contribution in [0.15, 0.2) is 11.6 Å². The van der Waals surface area contributed by atoms with Crippen molar-refractivity contribution in [3.63, 3.8) is 0 Å². The lowest BCUT2D eigenvalue weighted by Crippen LogP contribution is -2.66. The number of hydrogen-bond acceptors (Lipinski definition) is 6. The number of aliphatic hydroxyl groups is 1. The van der Waals surface area contributed by atoms with E-state index in [1.165, 1.54) is 5.57 Å². The van der Waals surface area contributed by atoms with E-state index < -0.39 is 16.8 Å². The van der Waals surface area contributed by atoms with Crippen LogP contribution in [0.3, 0.4) is 0 Å². The first-order valence-electron chi connectivity index (χ1n) is 17.4. The summed E-state index contributed by atoms with van der Waals surface area (Å²) in [5.41, 5.74) is 0.752. The summed E-state index contributed by atoms with van der Waals surface area (Å²) in [5.74, 6) is -0.412. The predicted molar refractivity (Wildman–Crippen MR) is 168 cm³/mol. The highest BCUT2D eigenvalue weighted by Crippen LogP contribution is 2.76. The quantitative estimate of drug-likeness (QED) is 0.215. The first-order valence-corrected chi connectivity index (χ1v) is 17.4. The molecule has 0 spiro atoms. The van der Waals surface area contributed by atoms with Crippen LogP contribution >= 0.6 is 0 Å². The minimum atomic E-state index is -0.910. The minimum absolute atomic E-state index is 0.0128. The fourth-order valence-corrected chi connectivity index (χ4v) is 11.7. The van der Waals surface area contributed by atoms with Gasteiger partial charge in [0.1, 0.15) is 6.10 Å². The zero-order valence-electron chi connectivity index (χ0n) is 28.4. The van der Waals surface area contributed by atoms with Crippen molar-refractivity contribution in [2.75, 3.05) is 13.2 Å². The van der Waals surface area contributed by atoms with Crippen molar-refractivity contribution in [1.82, 2.24) is 0 Å². The van der Waals surface area contributed by atoms with Crippen molar-refractivity contribution in [1.29, 1.82) is 0 Å². The van der Waals surface area contributed by atoms with Crippen LogP contribution in [-0.4, -0.2) is 47.4 Å². The Bertz CT molecular complexity index is 1190. The maximum atomic E-state index is 13.7. The minimum Gasteiger partial charge on any atom is -0.481 e. The zero-order valence-corrected chi connectivity index (χ0v) is 28.4. The number of carboxylic acids is 1. The van der Waals surface area contributed by atoms with Crippen LogP contribution in [0.2, 0.25) is 0 Å². The van der Waals surface area contributed by atoms with Crippen molar-refractivity contribution in [2.45, 2.75) is 138 Å². The van der Waals surface area contributed by atoms with E-state index in [1.54, 1.807) is 0 Å². The Morgan fingerprint density at radius 3 is 2.27 bits per heavy atom. The van der Waals surface area contributed by atoms with Gasteiger partial charge in [0, 0.05) is 18.3 Å². The van der Waals surface area contributed by atoms with Gasteiger partial charge in [0.15, 0.2) is 0 Å². The number of aliphatic hydroxyl groups excluding tert-OH is 1. The Morgan fingerprint density at radius 1 is 0.909 bits per heavy atom. The predicted octanol–water partition coefficient (Wildman–Crippen LogP) is 7.49. The normalized spacial score (nSPS) is 44.1. The summed E-state index contributed by atoms with van der Waals surface area (Å²) in [6.45, 7) is 16.6. The van der Waals surface area contributed by atoms with Gasteiger partial charge in [-0.2, -0.15) is 0 Å². The summed E-state index contributed by atoms with van der Waals surface area (Å²) in [7, 11) is 0. The molecule has 4 saturated carbocycles. The van der Waals surface area contributed by atoms with Gasteiger partial charge in [-0.25, -0.2) is 0 Å². The number of hydrogen-bond donors (Lipinski definition) is 2. The van der Waals surface area contributed by atoms with Crippen molar-refractivity contribution < 1.29 is 34.1 Å². The SMILES string of the molecule is CCOC(=O)[C@]12CCC(C)(C)CC1C1=CCC3[C@@]4(C)CC[C@H](OC(=O)CCCC(=O)O)[C@@](C)(CO)C4CC[C@@]3(C)[C@]1(C)CC2. The van der Waals surface area contributed by atoms with E-state index in [9.17, 15) is 19.5 Å². The Labute approximate surface area is 264 Å². The first-order chi connectivity index (χ1) is 20.5. The molecule has 0 aromatic carbocycles. The second-order valence-corrected chi connectivity index (χ2v) is 17.0. The molecule has 5 aliphatic carbocycles.